The van der Waals surface area contributed by atoms with Crippen LogP contribution in [0, 0.1) is 0 Å². The number of methoxy groups -OCH3 is 2. The van der Waals surface area contributed by atoms with Gasteiger partial charge in [0.1, 0.15) is 0 Å². The summed E-state index contributed by atoms with van der Waals surface area (Å²) in [4.78, 5) is 30.9. The zero-order valence-corrected chi connectivity index (χ0v) is 17.8. The van der Waals surface area contributed by atoms with Gasteiger partial charge in [0.15, 0.2) is 11.5 Å². The summed E-state index contributed by atoms with van der Waals surface area (Å²) in [6.07, 6.45) is 8.67. The summed E-state index contributed by atoms with van der Waals surface area (Å²) >= 11 is 0. The van der Waals surface area contributed by atoms with Gasteiger partial charge in [0, 0.05) is 31.2 Å². The van der Waals surface area contributed by atoms with Crippen LogP contribution in [0.4, 0.5) is 0 Å². The maximum Gasteiger partial charge on any atom is 0.254 e. The van der Waals surface area contributed by atoms with Crippen molar-refractivity contribution < 1.29 is 19.1 Å². The van der Waals surface area contributed by atoms with E-state index >= 15 is 0 Å². The molecule has 0 aromatic heterocycles. The van der Waals surface area contributed by atoms with Gasteiger partial charge in [-0.25, -0.2) is 0 Å². The van der Waals surface area contributed by atoms with Gasteiger partial charge in [-0.05, 0) is 49.8 Å². The molecule has 1 saturated carbocycles. The number of ether oxygens (including phenoxy) is 2. The van der Waals surface area contributed by atoms with Gasteiger partial charge in [0.25, 0.3) is 5.91 Å². The van der Waals surface area contributed by atoms with E-state index in [2.05, 4.69) is 0 Å². The number of carbonyl (C=O) groups excluding carboxylic acids is 2. The molecule has 1 aliphatic carbocycles. The first-order valence-corrected chi connectivity index (χ1v) is 10.9. The summed E-state index contributed by atoms with van der Waals surface area (Å²) in [5.74, 6) is 0.905. The monoisotopic (exact) mass is 400 g/mol. The highest BCUT2D eigenvalue weighted by atomic mass is 16.5. The Balaban J connectivity index is 1.77. The molecule has 0 N–H and O–H groups in total. The summed E-state index contributed by atoms with van der Waals surface area (Å²) < 4.78 is 10.9. The van der Waals surface area contributed by atoms with Crippen molar-refractivity contribution in [3.63, 3.8) is 0 Å². The van der Waals surface area contributed by atoms with Crippen LogP contribution in [0.15, 0.2) is 12.1 Å². The average molecular weight is 401 g/mol. The lowest BCUT2D eigenvalue weighted by atomic mass is 9.77. The molecule has 2 atom stereocenters. The van der Waals surface area contributed by atoms with Crippen molar-refractivity contribution in [2.45, 2.75) is 69.4 Å². The number of benzene rings is 1. The Bertz CT molecular complexity index is 787. The van der Waals surface area contributed by atoms with Gasteiger partial charge < -0.3 is 19.3 Å². The number of nitrogens with zero attached hydrogens (tertiary/aromatic N) is 2. The molecule has 0 bridgehead atoms. The molecule has 0 spiro atoms. The first-order valence-electron chi connectivity index (χ1n) is 10.9. The molecular formula is C23H32N2O4. The first-order chi connectivity index (χ1) is 14.1. The van der Waals surface area contributed by atoms with Gasteiger partial charge in [-0.3, -0.25) is 9.59 Å². The molecule has 4 rings (SSSR count). The Hall–Kier alpha value is -2.24. The normalized spacial score (nSPS) is 24.5. The molecule has 2 fully saturated rings. The van der Waals surface area contributed by atoms with E-state index in [4.69, 9.17) is 9.47 Å². The largest absolute Gasteiger partial charge is 0.493 e. The van der Waals surface area contributed by atoms with E-state index in [1.807, 2.05) is 22.9 Å². The van der Waals surface area contributed by atoms with Gasteiger partial charge >= 0.3 is 0 Å². The van der Waals surface area contributed by atoms with Crippen LogP contribution in [-0.2, 0) is 4.79 Å². The van der Waals surface area contributed by atoms with E-state index in [9.17, 15) is 9.59 Å². The lowest BCUT2D eigenvalue weighted by Gasteiger charge is -2.46. The number of rotatable bonds is 4. The van der Waals surface area contributed by atoms with Crippen LogP contribution in [0.2, 0.25) is 0 Å². The molecule has 6 heteroatoms. The minimum atomic E-state index is -0.338. The third-order valence-electron chi connectivity index (χ3n) is 7.05. The predicted molar refractivity (Wildman–Crippen MR) is 111 cm³/mol. The second kappa shape index (κ2) is 8.25. The van der Waals surface area contributed by atoms with E-state index in [1.165, 1.54) is 19.3 Å². The fourth-order valence-corrected chi connectivity index (χ4v) is 5.42. The molecular weight excluding hydrogens is 368 g/mol. The molecule has 1 aromatic carbocycles. The molecule has 6 nitrogen and oxygen atoms in total. The van der Waals surface area contributed by atoms with Gasteiger partial charge in [-0.15, -0.1) is 0 Å². The SMILES string of the molecule is COc1cc2c(cc1OC)C(C(=O)N(C)C1CCCCC1)C1CCCCN1C2=O. The number of hydrogen-bond donors (Lipinski definition) is 0. The third kappa shape index (κ3) is 3.47. The maximum atomic E-state index is 13.8. The second-order valence-electron chi connectivity index (χ2n) is 8.57. The summed E-state index contributed by atoms with van der Waals surface area (Å²) in [5, 5.41) is 0. The van der Waals surface area contributed by atoms with E-state index in [0.717, 1.165) is 37.7 Å². The molecule has 158 valence electrons. The lowest BCUT2D eigenvalue weighted by Crippen LogP contribution is -2.55. The van der Waals surface area contributed by atoms with E-state index in [1.54, 1.807) is 20.3 Å². The zero-order chi connectivity index (χ0) is 20.5. The van der Waals surface area contributed by atoms with Crippen LogP contribution < -0.4 is 9.47 Å². The number of hydrogen-bond acceptors (Lipinski definition) is 4. The van der Waals surface area contributed by atoms with Gasteiger partial charge in [-0.2, -0.15) is 0 Å². The summed E-state index contributed by atoms with van der Waals surface area (Å²) in [7, 11) is 5.11. The van der Waals surface area contributed by atoms with Crippen LogP contribution in [0.1, 0.15) is 73.2 Å². The Kier molecular flexibility index (Phi) is 5.70. The van der Waals surface area contributed by atoms with Gasteiger partial charge in [-0.1, -0.05) is 19.3 Å². The summed E-state index contributed by atoms with van der Waals surface area (Å²) in [6, 6.07) is 3.84. The lowest BCUT2D eigenvalue weighted by molar-refractivity contribution is -0.136. The van der Waals surface area contributed by atoms with Crippen LogP contribution in [-0.4, -0.2) is 61.5 Å². The van der Waals surface area contributed by atoms with Crippen molar-refractivity contribution in [2.24, 2.45) is 0 Å². The molecule has 0 radical (unpaired) electrons. The molecule has 3 aliphatic rings. The van der Waals surface area contributed by atoms with E-state index < -0.39 is 0 Å². The summed E-state index contributed by atoms with van der Waals surface area (Å²) in [6.45, 7) is 0.716. The van der Waals surface area contributed by atoms with Crippen molar-refractivity contribution in [3.05, 3.63) is 23.3 Å². The fourth-order valence-electron chi connectivity index (χ4n) is 5.42. The maximum absolute atomic E-state index is 13.8. The number of piperidine rings is 1. The number of fused-ring (bicyclic) bond motifs is 2. The van der Waals surface area contributed by atoms with E-state index in [0.29, 0.717) is 29.6 Å². The summed E-state index contributed by atoms with van der Waals surface area (Å²) in [5.41, 5.74) is 1.37. The standard InChI is InChI=1S/C23H32N2O4/c1-24(15-9-5-4-6-10-15)23(27)21-16-13-19(28-2)20(29-3)14-17(16)22(26)25-12-8-7-11-18(21)25/h13-15,18,21H,4-12H2,1-3H3. The molecule has 2 aliphatic heterocycles. The van der Waals surface area contributed by atoms with Crippen molar-refractivity contribution in [1.29, 1.82) is 0 Å². The Morgan fingerprint density at radius 1 is 1.00 bits per heavy atom. The quantitative estimate of drug-likeness (QED) is 0.775. The fraction of sp³-hybridized carbons (Fsp3) is 0.652. The number of carbonyl (C=O) groups is 2. The number of amides is 2. The Labute approximate surface area is 173 Å². The highest BCUT2D eigenvalue weighted by molar-refractivity contribution is 6.02. The highest BCUT2D eigenvalue weighted by Crippen LogP contribution is 2.43. The number of likely N-dealkylation sites (N-methyl/N-ethyl adjacent to an activating group) is 1. The molecule has 2 amide bonds. The predicted octanol–water partition coefficient (Wildman–Crippen LogP) is 3.59. The van der Waals surface area contributed by atoms with Crippen molar-refractivity contribution in [3.8, 4) is 11.5 Å². The highest BCUT2D eigenvalue weighted by Gasteiger charge is 2.46. The second-order valence-corrected chi connectivity index (χ2v) is 8.57. The van der Waals surface area contributed by atoms with Gasteiger partial charge in [0.2, 0.25) is 5.91 Å². The Morgan fingerprint density at radius 2 is 1.66 bits per heavy atom. The zero-order valence-electron chi connectivity index (χ0n) is 17.8. The third-order valence-corrected chi connectivity index (χ3v) is 7.05. The van der Waals surface area contributed by atoms with E-state index in [-0.39, 0.29) is 23.8 Å². The minimum absolute atomic E-state index is 0.00928. The van der Waals surface area contributed by atoms with Crippen molar-refractivity contribution in [1.82, 2.24) is 9.80 Å². The topological polar surface area (TPSA) is 59.1 Å². The molecule has 1 saturated heterocycles. The van der Waals surface area contributed by atoms with Crippen LogP contribution >= 0.6 is 0 Å². The smallest absolute Gasteiger partial charge is 0.254 e. The van der Waals surface area contributed by atoms with Crippen molar-refractivity contribution in [2.75, 3.05) is 27.8 Å². The van der Waals surface area contributed by atoms with Crippen molar-refractivity contribution >= 4 is 11.8 Å². The van der Waals surface area contributed by atoms with Gasteiger partial charge in [0.05, 0.1) is 20.1 Å². The minimum Gasteiger partial charge on any atom is -0.493 e. The molecule has 2 heterocycles. The average Bonchev–Trinajstić information content (AvgIpc) is 2.78. The Morgan fingerprint density at radius 3 is 2.34 bits per heavy atom. The first kappa shape index (κ1) is 20.0. The van der Waals surface area contributed by atoms with Crippen LogP contribution in [0.5, 0.6) is 11.5 Å². The molecule has 1 aromatic rings. The molecule has 29 heavy (non-hydrogen) atoms. The van der Waals surface area contributed by atoms with Crippen LogP contribution in [0.3, 0.4) is 0 Å². The molecule has 2 unspecified atom stereocenters. The van der Waals surface area contributed by atoms with Crippen LogP contribution in [0.25, 0.3) is 0 Å².